The van der Waals surface area contributed by atoms with Crippen LogP contribution in [0, 0.1) is 6.92 Å². The van der Waals surface area contributed by atoms with Crippen molar-refractivity contribution in [3.63, 3.8) is 0 Å². The fourth-order valence-corrected chi connectivity index (χ4v) is 4.19. The number of fused-ring (bicyclic) bond motifs is 1. The lowest BCUT2D eigenvalue weighted by Gasteiger charge is -2.07. The molecule has 0 bridgehead atoms. The SMILES string of the molecule is CCCCCCCC/C=C\CCCCCCCCc1c(C)ccc2c1nnn2CN. The molecule has 168 valence electrons. The van der Waals surface area contributed by atoms with E-state index in [1.807, 2.05) is 0 Å². The maximum Gasteiger partial charge on any atom is 0.116 e. The zero-order chi connectivity index (χ0) is 21.4. The van der Waals surface area contributed by atoms with Crippen LogP contribution in [0.3, 0.4) is 0 Å². The van der Waals surface area contributed by atoms with Gasteiger partial charge in [-0.15, -0.1) is 5.10 Å². The van der Waals surface area contributed by atoms with E-state index in [-0.39, 0.29) is 0 Å². The van der Waals surface area contributed by atoms with Crippen LogP contribution in [0.1, 0.15) is 108 Å². The average molecular weight is 413 g/mol. The zero-order valence-electron chi connectivity index (χ0n) is 19.5. The molecule has 0 fully saturated rings. The predicted molar refractivity (Wildman–Crippen MR) is 130 cm³/mol. The van der Waals surface area contributed by atoms with Gasteiger partial charge in [0.2, 0.25) is 0 Å². The summed E-state index contributed by atoms with van der Waals surface area (Å²) in [5.41, 5.74) is 10.5. The molecule has 4 nitrogen and oxygen atoms in total. The smallest absolute Gasteiger partial charge is 0.116 e. The number of aryl methyl sites for hydroxylation is 2. The van der Waals surface area contributed by atoms with Crippen molar-refractivity contribution < 1.29 is 0 Å². The van der Waals surface area contributed by atoms with Crippen molar-refractivity contribution >= 4 is 11.0 Å². The number of hydrogen-bond donors (Lipinski definition) is 1. The number of aromatic nitrogens is 3. The molecule has 0 atom stereocenters. The average Bonchev–Trinajstić information content (AvgIpc) is 3.18. The summed E-state index contributed by atoms with van der Waals surface area (Å²) in [5.74, 6) is 0. The van der Waals surface area contributed by atoms with E-state index in [1.165, 1.54) is 101 Å². The van der Waals surface area contributed by atoms with Crippen molar-refractivity contribution in [2.45, 2.75) is 117 Å². The Balaban J connectivity index is 1.49. The van der Waals surface area contributed by atoms with Crippen LogP contribution in [-0.4, -0.2) is 15.0 Å². The molecule has 1 aromatic heterocycles. The van der Waals surface area contributed by atoms with E-state index in [1.54, 1.807) is 4.68 Å². The second kappa shape index (κ2) is 15.2. The van der Waals surface area contributed by atoms with Crippen molar-refractivity contribution in [2.24, 2.45) is 5.73 Å². The first kappa shape index (κ1) is 24.6. The molecule has 2 N–H and O–H groups in total. The van der Waals surface area contributed by atoms with E-state index in [9.17, 15) is 0 Å². The fourth-order valence-electron chi connectivity index (χ4n) is 4.19. The predicted octanol–water partition coefficient (Wildman–Crippen LogP) is 7.24. The number of allylic oxidation sites excluding steroid dienone is 2. The number of hydrogen-bond acceptors (Lipinski definition) is 3. The number of unbranched alkanes of at least 4 members (excludes halogenated alkanes) is 12. The Bertz CT molecular complexity index is 732. The second-order valence-corrected chi connectivity index (χ2v) is 8.69. The molecule has 4 heteroatoms. The molecule has 0 spiro atoms. The number of benzene rings is 1. The lowest BCUT2D eigenvalue weighted by molar-refractivity contribution is 0.595. The molecular formula is C26H44N4. The second-order valence-electron chi connectivity index (χ2n) is 8.69. The lowest BCUT2D eigenvalue weighted by Crippen LogP contribution is -2.08. The van der Waals surface area contributed by atoms with E-state index in [2.05, 4.69) is 48.4 Å². The largest absolute Gasteiger partial charge is 0.312 e. The van der Waals surface area contributed by atoms with Gasteiger partial charge in [0.25, 0.3) is 0 Å². The molecule has 2 rings (SSSR count). The van der Waals surface area contributed by atoms with Crippen LogP contribution < -0.4 is 5.73 Å². The molecule has 1 heterocycles. The molecule has 0 aliphatic carbocycles. The Morgan fingerprint density at radius 1 is 0.833 bits per heavy atom. The van der Waals surface area contributed by atoms with Crippen LogP contribution in [0.5, 0.6) is 0 Å². The Morgan fingerprint density at radius 2 is 1.43 bits per heavy atom. The number of nitrogens with two attached hydrogens (primary N) is 1. The van der Waals surface area contributed by atoms with Gasteiger partial charge in [0.05, 0.1) is 12.2 Å². The Hall–Kier alpha value is -1.68. The summed E-state index contributed by atoms with van der Waals surface area (Å²) in [6.45, 7) is 4.84. The third-order valence-electron chi connectivity index (χ3n) is 6.14. The minimum atomic E-state index is 0.382. The Morgan fingerprint density at radius 3 is 2.07 bits per heavy atom. The third kappa shape index (κ3) is 8.59. The van der Waals surface area contributed by atoms with Crippen LogP contribution >= 0.6 is 0 Å². The summed E-state index contributed by atoms with van der Waals surface area (Å²) in [6, 6.07) is 4.26. The monoisotopic (exact) mass is 412 g/mol. The molecule has 0 aliphatic heterocycles. The van der Waals surface area contributed by atoms with Gasteiger partial charge in [0.1, 0.15) is 5.52 Å². The molecular weight excluding hydrogens is 368 g/mol. The number of nitrogens with zero attached hydrogens (tertiary/aromatic N) is 3. The normalized spacial score (nSPS) is 11.8. The summed E-state index contributed by atoms with van der Waals surface area (Å²) in [7, 11) is 0. The fraction of sp³-hybridized carbons (Fsp3) is 0.692. The van der Waals surface area contributed by atoms with E-state index in [4.69, 9.17) is 5.73 Å². The van der Waals surface area contributed by atoms with Gasteiger partial charge in [0.15, 0.2) is 0 Å². The lowest BCUT2D eigenvalue weighted by atomic mass is 9.99. The Labute approximate surface area is 184 Å². The van der Waals surface area contributed by atoms with Gasteiger partial charge in [-0.25, -0.2) is 4.68 Å². The van der Waals surface area contributed by atoms with E-state index in [0.717, 1.165) is 17.5 Å². The molecule has 2 aromatic rings. The molecule has 0 saturated carbocycles. The minimum Gasteiger partial charge on any atom is -0.312 e. The topological polar surface area (TPSA) is 56.7 Å². The summed E-state index contributed by atoms with van der Waals surface area (Å²) in [6.07, 6.45) is 24.7. The first-order chi connectivity index (χ1) is 14.8. The highest BCUT2D eigenvalue weighted by Gasteiger charge is 2.10. The van der Waals surface area contributed by atoms with Gasteiger partial charge in [-0.1, -0.05) is 88.1 Å². The minimum absolute atomic E-state index is 0.382. The Kier molecular flexibility index (Phi) is 12.4. The first-order valence-corrected chi connectivity index (χ1v) is 12.4. The highest BCUT2D eigenvalue weighted by Crippen LogP contribution is 2.22. The number of rotatable bonds is 17. The standard InChI is InChI=1S/C26H44N4/c1-3-4-5-6-7-8-9-10-11-12-13-14-15-16-17-18-19-24-23(2)20-21-25-26(24)28-29-30(25)22-27/h10-11,20-21H,3-9,12-19,22,27H2,1-2H3/b11-10-. The molecule has 0 amide bonds. The third-order valence-corrected chi connectivity index (χ3v) is 6.14. The maximum atomic E-state index is 5.74. The molecule has 0 unspecified atom stereocenters. The molecule has 0 aliphatic rings. The van der Waals surface area contributed by atoms with Crippen molar-refractivity contribution in [1.82, 2.24) is 15.0 Å². The van der Waals surface area contributed by atoms with Crippen molar-refractivity contribution in [1.29, 1.82) is 0 Å². The highest BCUT2D eigenvalue weighted by atomic mass is 15.4. The van der Waals surface area contributed by atoms with E-state index >= 15 is 0 Å². The van der Waals surface area contributed by atoms with Gasteiger partial charge < -0.3 is 5.73 Å². The van der Waals surface area contributed by atoms with E-state index in [0.29, 0.717) is 6.67 Å². The van der Waals surface area contributed by atoms with Crippen LogP contribution in [0.15, 0.2) is 24.3 Å². The molecule has 0 radical (unpaired) electrons. The van der Waals surface area contributed by atoms with Crippen molar-refractivity contribution in [2.75, 3.05) is 0 Å². The van der Waals surface area contributed by atoms with Crippen LogP contribution in [0.25, 0.3) is 11.0 Å². The van der Waals surface area contributed by atoms with Gasteiger partial charge in [-0.3, -0.25) is 0 Å². The van der Waals surface area contributed by atoms with Crippen LogP contribution in [0.2, 0.25) is 0 Å². The van der Waals surface area contributed by atoms with Crippen LogP contribution in [-0.2, 0) is 13.1 Å². The molecule has 0 saturated heterocycles. The summed E-state index contributed by atoms with van der Waals surface area (Å²) < 4.78 is 1.78. The maximum absolute atomic E-state index is 5.74. The van der Waals surface area contributed by atoms with Gasteiger partial charge in [-0.05, 0) is 62.6 Å². The van der Waals surface area contributed by atoms with Crippen molar-refractivity contribution in [3.05, 3.63) is 35.4 Å². The first-order valence-electron chi connectivity index (χ1n) is 12.4. The summed E-state index contributed by atoms with van der Waals surface area (Å²) in [4.78, 5) is 0. The van der Waals surface area contributed by atoms with Gasteiger partial charge >= 0.3 is 0 Å². The molecule has 30 heavy (non-hydrogen) atoms. The summed E-state index contributed by atoms with van der Waals surface area (Å²) in [5, 5.41) is 8.54. The molecule has 1 aromatic carbocycles. The van der Waals surface area contributed by atoms with Gasteiger partial charge in [0, 0.05) is 0 Å². The van der Waals surface area contributed by atoms with Gasteiger partial charge in [-0.2, -0.15) is 0 Å². The van der Waals surface area contributed by atoms with Crippen LogP contribution in [0.4, 0.5) is 0 Å². The highest BCUT2D eigenvalue weighted by molar-refractivity contribution is 5.79. The van der Waals surface area contributed by atoms with Crippen molar-refractivity contribution in [3.8, 4) is 0 Å². The van der Waals surface area contributed by atoms with E-state index < -0.39 is 0 Å². The zero-order valence-corrected chi connectivity index (χ0v) is 19.5. The summed E-state index contributed by atoms with van der Waals surface area (Å²) >= 11 is 0. The quantitative estimate of drug-likeness (QED) is 0.220.